The van der Waals surface area contributed by atoms with Gasteiger partial charge in [0, 0.05) is 11.8 Å². The topological polar surface area (TPSA) is 0 Å². The van der Waals surface area contributed by atoms with Gasteiger partial charge in [-0.3, -0.25) is 0 Å². The number of aryl methyl sites for hydroxylation is 2. The zero-order valence-corrected chi connectivity index (χ0v) is 31.3. The Labute approximate surface area is 328 Å². The molecule has 264 valence electrons. The summed E-state index contributed by atoms with van der Waals surface area (Å²) >= 11 is 0. The largest absolute Gasteiger partial charge is 0.0836 e. The number of benzene rings is 8. The Kier molecular flexibility index (Phi) is 7.11. The number of allylic oxidation sites excluding steroid dienone is 6. The lowest BCUT2D eigenvalue weighted by Crippen LogP contribution is -2.17. The molecule has 0 amide bonds. The van der Waals surface area contributed by atoms with Crippen LogP contribution in [-0.2, 0) is 12.8 Å². The first-order chi connectivity index (χ1) is 27.7. The van der Waals surface area contributed by atoms with Crippen molar-refractivity contribution in [2.75, 3.05) is 0 Å². The van der Waals surface area contributed by atoms with Gasteiger partial charge in [0.05, 0.1) is 0 Å². The van der Waals surface area contributed by atoms with Gasteiger partial charge in [-0.15, -0.1) is 0 Å². The predicted molar refractivity (Wildman–Crippen MR) is 239 cm³/mol. The van der Waals surface area contributed by atoms with Gasteiger partial charge in [-0.2, -0.15) is 0 Å². The van der Waals surface area contributed by atoms with Gasteiger partial charge in [0.25, 0.3) is 0 Å². The summed E-state index contributed by atoms with van der Waals surface area (Å²) in [4.78, 5) is 0. The van der Waals surface area contributed by atoms with Crippen LogP contribution in [0.2, 0.25) is 0 Å². The van der Waals surface area contributed by atoms with Crippen molar-refractivity contribution in [3.8, 4) is 33.4 Å². The number of hydrogen-bond donors (Lipinski definition) is 0. The first kappa shape index (κ1) is 31.8. The van der Waals surface area contributed by atoms with E-state index < -0.39 is 0 Å². The summed E-state index contributed by atoms with van der Waals surface area (Å²) in [6.45, 7) is 0. The van der Waals surface area contributed by atoms with Crippen molar-refractivity contribution >= 4 is 50.0 Å². The van der Waals surface area contributed by atoms with E-state index in [9.17, 15) is 0 Å². The molecule has 4 aliphatic rings. The fraction of sp³-hybridized carbons (Fsp3) is 0.107. The summed E-state index contributed by atoms with van der Waals surface area (Å²) in [5, 5.41) is 7.96. The highest BCUT2D eigenvalue weighted by Gasteiger charge is 2.32. The highest BCUT2D eigenvalue weighted by Crippen LogP contribution is 2.51. The van der Waals surface area contributed by atoms with Crippen LogP contribution in [0.15, 0.2) is 170 Å². The van der Waals surface area contributed by atoms with E-state index in [2.05, 4.69) is 182 Å². The van der Waals surface area contributed by atoms with Crippen molar-refractivity contribution in [1.29, 1.82) is 0 Å². The van der Waals surface area contributed by atoms with Crippen LogP contribution in [0.4, 0.5) is 0 Å². The summed E-state index contributed by atoms with van der Waals surface area (Å²) in [7, 11) is 0. The smallest absolute Gasteiger partial charge is 0.0131 e. The van der Waals surface area contributed by atoms with Gasteiger partial charge >= 0.3 is 0 Å². The minimum atomic E-state index is 0.306. The second-order valence-corrected chi connectivity index (χ2v) is 16.2. The lowest BCUT2D eigenvalue weighted by Gasteiger charge is -2.35. The summed E-state index contributed by atoms with van der Waals surface area (Å²) in [6, 6.07) is 53.2. The molecule has 0 spiro atoms. The third kappa shape index (κ3) is 4.99. The Balaban J connectivity index is 0.912. The molecule has 0 N–H and O–H groups in total. The minimum absolute atomic E-state index is 0.306. The van der Waals surface area contributed by atoms with E-state index in [0.717, 1.165) is 25.7 Å². The fourth-order valence-corrected chi connectivity index (χ4v) is 10.3. The van der Waals surface area contributed by atoms with Gasteiger partial charge in [0.15, 0.2) is 0 Å². The highest BCUT2D eigenvalue weighted by molar-refractivity contribution is 6.08. The number of fused-ring (bicyclic) bond motifs is 14. The molecule has 2 atom stereocenters. The molecule has 0 nitrogen and oxygen atoms in total. The molecule has 4 aliphatic carbocycles. The molecule has 0 aliphatic heterocycles. The molecule has 8 aromatic rings. The Hall–Kier alpha value is -6.50. The molecule has 0 heteroatoms. The highest BCUT2D eigenvalue weighted by atomic mass is 14.4. The Morgan fingerprint density at radius 2 is 1.04 bits per heavy atom. The van der Waals surface area contributed by atoms with Gasteiger partial charge in [0.1, 0.15) is 0 Å². The molecule has 0 aromatic heterocycles. The molecule has 0 saturated carbocycles. The van der Waals surface area contributed by atoms with E-state index in [1.165, 1.54) is 110 Å². The lowest BCUT2D eigenvalue weighted by molar-refractivity contribution is 0.720. The molecular formula is C56H40. The number of hydrogen-bond acceptors (Lipinski definition) is 0. The van der Waals surface area contributed by atoms with Gasteiger partial charge in [-0.05, 0) is 154 Å². The molecule has 0 heterocycles. The zero-order valence-electron chi connectivity index (χ0n) is 31.3. The average molecular weight is 713 g/mol. The van der Waals surface area contributed by atoms with Crippen LogP contribution in [0.1, 0.15) is 63.6 Å². The second-order valence-electron chi connectivity index (χ2n) is 16.2. The van der Waals surface area contributed by atoms with Crippen molar-refractivity contribution < 1.29 is 0 Å². The summed E-state index contributed by atoms with van der Waals surface area (Å²) in [5.41, 5.74) is 19.2. The normalized spacial score (nSPS) is 17.6. The summed E-state index contributed by atoms with van der Waals surface area (Å²) in [5.74, 6) is 0.619. The first-order valence-electron chi connectivity index (χ1n) is 20.3. The minimum Gasteiger partial charge on any atom is -0.0836 e. The molecule has 0 bridgehead atoms. The van der Waals surface area contributed by atoms with Crippen molar-refractivity contribution in [2.24, 2.45) is 0 Å². The van der Waals surface area contributed by atoms with E-state index in [4.69, 9.17) is 0 Å². The van der Waals surface area contributed by atoms with Crippen LogP contribution in [0.5, 0.6) is 0 Å². The molecule has 0 saturated heterocycles. The summed E-state index contributed by atoms with van der Waals surface area (Å²) in [6.07, 6.45) is 21.0. The number of rotatable bonds is 3. The van der Waals surface area contributed by atoms with Gasteiger partial charge in [-0.25, -0.2) is 0 Å². The fourth-order valence-electron chi connectivity index (χ4n) is 10.3. The van der Waals surface area contributed by atoms with Crippen molar-refractivity contribution in [1.82, 2.24) is 0 Å². The molecular weight excluding hydrogens is 673 g/mol. The van der Waals surface area contributed by atoms with Crippen molar-refractivity contribution in [3.63, 3.8) is 0 Å². The van der Waals surface area contributed by atoms with Gasteiger partial charge in [0.2, 0.25) is 0 Å². The maximum Gasteiger partial charge on any atom is 0.0131 e. The predicted octanol–water partition coefficient (Wildman–Crippen LogP) is 14.9. The Morgan fingerprint density at radius 3 is 1.86 bits per heavy atom. The lowest BCUT2D eigenvalue weighted by atomic mass is 9.69. The average Bonchev–Trinajstić information content (AvgIpc) is 3.28. The second kappa shape index (κ2) is 12.5. The van der Waals surface area contributed by atoms with E-state index in [1.807, 2.05) is 0 Å². The van der Waals surface area contributed by atoms with E-state index in [-0.39, 0.29) is 0 Å². The van der Waals surface area contributed by atoms with E-state index in [1.54, 1.807) is 0 Å². The van der Waals surface area contributed by atoms with Crippen molar-refractivity contribution in [2.45, 2.75) is 37.5 Å². The third-order valence-electron chi connectivity index (χ3n) is 13.2. The van der Waals surface area contributed by atoms with Crippen LogP contribution < -0.4 is 0 Å². The van der Waals surface area contributed by atoms with Gasteiger partial charge < -0.3 is 0 Å². The van der Waals surface area contributed by atoms with Crippen LogP contribution in [0, 0.1) is 0 Å². The van der Waals surface area contributed by atoms with Crippen LogP contribution in [0.25, 0.3) is 83.4 Å². The molecule has 2 unspecified atom stereocenters. The van der Waals surface area contributed by atoms with Crippen LogP contribution >= 0.6 is 0 Å². The zero-order chi connectivity index (χ0) is 36.7. The molecule has 12 rings (SSSR count). The third-order valence-corrected chi connectivity index (χ3v) is 13.2. The monoisotopic (exact) mass is 712 g/mol. The van der Waals surface area contributed by atoms with Crippen LogP contribution in [0.3, 0.4) is 0 Å². The Morgan fingerprint density at radius 1 is 0.411 bits per heavy atom. The first-order valence-corrected chi connectivity index (χ1v) is 20.3. The molecule has 8 aromatic carbocycles. The SMILES string of the molecule is C1=CC2c3cc(C4=Cc5c(ccc6c7c(ccc56)CCC=C7)CC4)ccc3-c3ccc(-c4cccc(-c5ccc6c(ccc7ccccc76)c5)c4)cc3C2C=C1. The van der Waals surface area contributed by atoms with E-state index >= 15 is 0 Å². The molecule has 0 fully saturated rings. The summed E-state index contributed by atoms with van der Waals surface area (Å²) < 4.78 is 0. The van der Waals surface area contributed by atoms with Gasteiger partial charge in [-0.1, -0.05) is 164 Å². The standard InChI is InChI=1S/C56H40/c1-3-12-45-35(8-1)17-19-44-31-40(22-25-47(44)45)38-10-7-11-39(30-38)42-23-28-52-53-29-24-43(34-56(53)49-15-6-5-14-48(49)55(52)33-42)41-18-16-37-21-26-50-46-13-4-2-9-36(46)20-27-51(50)54(37)32-41/h1,3-8,10-15,17,19-34,48-49H,2,9,16,18H2. The maximum absolute atomic E-state index is 2.52. The van der Waals surface area contributed by atoms with Crippen molar-refractivity contribution in [3.05, 3.63) is 209 Å². The Bertz CT molecular complexity index is 3090. The maximum atomic E-state index is 2.52. The van der Waals surface area contributed by atoms with E-state index in [0.29, 0.717) is 11.8 Å². The quantitative estimate of drug-likeness (QED) is 0.160. The molecule has 0 radical (unpaired) electrons. The molecule has 56 heavy (non-hydrogen) atoms. The van der Waals surface area contributed by atoms with Crippen LogP contribution in [-0.4, -0.2) is 0 Å².